The van der Waals surface area contributed by atoms with Gasteiger partial charge in [-0.25, -0.2) is 4.99 Å². The first-order chi connectivity index (χ1) is 14.4. The summed E-state index contributed by atoms with van der Waals surface area (Å²) in [6.45, 7) is 4.35. The van der Waals surface area contributed by atoms with Gasteiger partial charge in [0, 0.05) is 12.2 Å². The first kappa shape index (κ1) is 21.6. The van der Waals surface area contributed by atoms with E-state index in [0.29, 0.717) is 17.3 Å². The third-order valence-electron chi connectivity index (χ3n) is 4.54. The van der Waals surface area contributed by atoms with Crippen molar-refractivity contribution in [2.75, 3.05) is 12.4 Å². The zero-order chi connectivity index (χ0) is 21.5. The molecular weight excluding hydrogens is 398 g/mol. The first-order valence-corrected chi connectivity index (χ1v) is 10.5. The lowest BCUT2D eigenvalue weighted by Gasteiger charge is -2.12. The van der Waals surface area contributed by atoms with Crippen LogP contribution in [0.1, 0.15) is 24.5 Å². The molecule has 0 fully saturated rings. The van der Waals surface area contributed by atoms with Crippen LogP contribution < -0.4 is 10.6 Å². The monoisotopic (exact) mass is 423 g/mol. The number of nitrogens with zero attached hydrogens (tertiary/aromatic N) is 1. The topological polar surface area (TPSA) is 79.8 Å². The highest BCUT2D eigenvalue weighted by Crippen LogP contribution is 2.31. The van der Waals surface area contributed by atoms with Crippen molar-refractivity contribution in [1.82, 2.24) is 5.32 Å². The Labute approximate surface area is 180 Å². The Kier molecular flexibility index (Phi) is 7.30. The molecule has 2 aromatic carbocycles. The molecule has 1 aliphatic heterocycles. The van der Waals surface area contributed by atoms with Crippen LogP contribution in [0.15, 0.2) is 65.3 Å². The van der Waals surface area contributed by atoms with Gasteiger partial charge in [-0.15, -0.1) is 0 Å². The summed E-state index contributed by atoms with van der Waals surface area (Å²) in [5, 5.41) is 6.52. The second-order valence-electron chi connectivity index (χ2n) is 6.98. The summed E-state index contributed by atoms with van der Waals surface area (Å²) in [5.74, 6) is -0.418. The van der Waals surface area contributed by atoms with Crippen LogP contribution in [0.25, 0.3) is 0 Å². The molecule has 6 nitrogen and oxygen atoms in total. The van der Waals surface area contributed by atoms with E-state index in [2.05, 4.69) is 15.6 Å². The fraction of sp³-hybridized carbons (Fsp3) is 0.261. The summed E-state index contributed by atoms with van der Waals surface area (Å²) in [6.07, 6.45) is 1.89. The average molecular weight is 424 g/mol. The summed E-state index contributed by atoms with van der Waals surface area (Å²) < 4.78 is 4.79. The fourth-order valence-electron chi connectivity index (χ4n) is 2.84. The first-order valence-electron chi connectivity index (χ1n) is 9.66. The number of thioether (sulfide) groups is 1. The normalized spacial score (nSPS) is 13.7. The molecule has 0 aromatic heterocycles. The molecule has 0 aliphatic carbocycles. The van der Waals surface area contributed by atoms with Gasteiger partial charge in [0.2, 0.25) is 5.91 Å². The number of esters is 1. The van der Waals surface area contributed by atoms with Gasteiger partial charge in [0.25, 0.3) is 0 Å². The van der Waals surface area contributed by atoms with Crippen molar-refractivity contribution in [3.05, 3.63) is 71.4 Å². The number of amides is 1. The largest absolute Gasteiger partial charge is 0.469 e. The van der Waals surface area contributed by atoms with Gasteiger partial charge in [-0.2, -0.15) is 0 Å². The lowest BCUT2D eigenvalue weighted by Crippen LogP contribution is -2.31. The van der Waals surface area contributed by atoms with E-state index in [-0.39, 0.29) is 23.5 Å². The lowest BCUT2D eigenvalue weighted by atomic mass is 10.1. The number of hydrogen-bond donors (Lipinski definition) is 2. The van der Waals surface area contributed by atoms with E-state index < -0.39 is 0 Å². The summed E-state index contributed by atoms with van der Waals surface area (Å²) in [5.41, 5.74) is 4.47. The molecule has 3 rings (SSSR count). The SMILES string of the molecule is COC(=O)CC1=CC(S[C@@H](C)C(=O)NCc2ccc(C)cc2)=Nc2ccccc2N1. The van der Waals surface area contributed by atoms with Crippen LogP contribution in [-0.4, -0.2) is 29.3 Å². The van der Waals surface area contributed by atoms with Gasteiger partial charge in [0.15, 0.2) is 0 Å². The number of aliphatic imine (C=N–C) groups is 1. The number of hydrogen-bond acceptors (Lipinski definition) is 6. The van der Waals surface area contributed by atoms with Crippen LogP contribution in [0.5, 0.6) is 0 Å². The minimum Gasteiger partial charge on any atom is -0.469 e. The molecule has 7 heteroatoms. The Hall–Kier alpha value is -3.06. The number of anilines is 1. The molecule has 0 bridgehead atoms. The van der Waals surface area contributed by atoms with Crippen molar-refractivity contribution in [2.45, 2.75) is 32.1 Å². The maximum absolute atomic E-state index is 12.6. The van der Waals surface area contributed by atoms with E-state index in [4.69, 9.17) is 4.74 Å². The smallest absolute Gasteiger partial charge is 0.311 e. The third kappa shape index (κ3) is 5.97. The average Bonchev–Trinajstić information content (AvgIpc) is 2.91. The highest BCUT2D eigenvalue weighted by Gasteiger charge is 2.19. The van der Waals surface area contributed by atoms with Crippen molar-refractivity contribution >= 4 is 40.1 Å². The van der Waals surface area contributed by atoms with E-state index in [9.17, 15) is 9.59 Å². The van der Waals surface area contributed by atoms with Crippen molar-refractivity contribution in [3.8, 4) is 0 Å². The lowest BCUT2D eigenvalue weighted by molar-refractivity contribution is -0.139. The number of aryl methyl sites for hydroxylation is 1. The third-order valence-corrected chi connectivity index (χ3v) is 5.56. The minimum absolute atomic E-state index is 0.0725. The van der Waals surface area contributed by atoms with Crippen LogP contribution >= 0.6 is 11.8 Å². The molecule has 30 heavy (non-hydrogen) atoms. The zero-order valence-electron chi connectivity index (χ0n) is 17.3. The molecule has 156 valence electrons. The van der Waals surface area contributed by atoms with Crippen LogP contribution in [0.2, 0.25) is 0 Å². The molecule has 0 unspecified atom stereocenters. The van der Waals surface area contributed by atoms with Gasteiger partial charge in [-0.3, -0.25) is 9.59 Å². The predicted molar refractivity (Wildman–Crippen MR) is 122 cm³/mol. The molecule has 0 spiro atoms. The van der Waals surface area contributed by atoms with Crippen LogP contribution in [-0.2, 0) is 20.9 Å². The quantitative estimate of drug-likeness (QED) is 0.676. The second kappa shape index (κ2) is 10.1. The van der Waals surface area contributed by atoms with Gasteiger partial charge in [-0.05, 0) is 37.6 Å². The highest BCUT2D eigenvalue weighted by atomic mass is 32.2. The Balaban J connectivity index is 1.70. The van der Waals surface area contributed by atoms with E-state index in [1.54, 1.807) is 6.08 Å². The second-order valence-corrected chi connectivity index (χ2v) is 8.34. The molecule has 1 amide bonds. The molecule has 0 radical (unpaired) electrons. The number of benzene rings is 2. The van der Waals surface area contributed by atoms with Crippen LogP contribution in [0, 0.1) is 6.92 Å². The highest BCUT2D eigenvalue weighted by molar-refractivity contribution is 8.15. The Bertz CT molecular complexity index is 983. The van der Waals surface area contributed by atoms with Crippen LogP contribution in [0.4, 0.5) is 11.4 Å². The number of rotatable bonds is 6. The van der Waals surface area contributed by atoms with Gasteiger partial charge >= 0.3 is 5.97 Å². The number of nitrogens with one attached hydrogen (secondary N) is 2. The Morgan fingerprint density at radius 1 is 1.17 bits per heavy atom. The maximum Gasteiger partial charge on any atom is 0.311 e. The fourth-order valence-corrected chi connectivity index (χ4v) is 3.76. The number of carbonyl (C=O) groups excluding carboxylic acids is 2. The van der Waals surface area contributed by atoms with E-state index in [0.717, 1.165) is 16.9 Å². The minimum atomic E-state index is -0.352. The van der Waals surface area contributed by atoms with Gasteiger partial charge < -0.3 is 15.4 Å². The van der Waals surface area contributed by atoms with Crippen molar-refractivity contribution < 1.29 is 14.3 Å². The molecular formula is C23H25N3O3S. The number of ether oxygens (including phenoxy) is 1. The summed E-state index contributed by atoms with van der Waals surface area (Å²) in [7, 11) is 1.36. The molecule has 0 saturated heterocycles. The van der Waals surface area contributed by atoms with Crippen molar-refractivity contribution in [2.24, 2.45) is 4.99 Å². The summed E-state index contributed by atoms with van der Waals surface area (Å²) in [6, 6.07) is 15.7. The number of methoxy groups -OCH3 is 1. The van der Waals surface area contributed by atoms with E-state index >= 15 is 0 Å². The molecule has 2 N–H and O–H groups in total. The standard InChI is InChI=1S/C23H25N3O3S/c1-15-8-10-17(11-9-15)14-24-23(28)16(2)30-21-12-18(13-22(27)29-3)25-19-6-4-5-7-20(19)26-21/h4-12,16,25H,13-14H2,1-3H3,(H,24,28)/t16-/m0/s1. The maximum atomic E-state index is 12.6. The molecule has 1 aliphatic rings. The Morgan fingerprint density at radius 3 is 2.63 bits per heavy atom. The van der Waals surface area contributed by atoms with E-state index in [1.165, 1.54) is 24.4 Å². The number of fused-ring (bicyclic) bond motifs is 1. The van der Waals surface area contributed by atoms with Gasteiger partial charge in [0.1, 0.15) is 0 Å². The summed E-state index contributed by atoms with van der Waals surface area (Å²) >= 11 is 1.35. The molecule has 2 aromatic rings. The number of carbonyl (C=O) groups is 2. The van der Waals surface area contributed by atoms with Gasteiger partial charge in [-0.1, -0.05) is 53.7 Å². The number of para-hydroxylation sites is 2. The predicted octanol–water partition coefficient (Wildman–Crippen LogP) is 4.34. The Morgan fingerprint density at radius 2 is 1.90 bits per heavy atom. The summed E-state index contributed by atoms with van der Waals surface area (Å²) in [4.78, 5) is 29.0. The van der Waals surface area contributed by atoms with E-state index in [1.807, 2.05) is 62.4 Å². The molecule has 0 saturated carbocycles. The van der Waals surface area contributed by atoms with Crippen LogP contribution in [0.3, 0.4) is 0 Å². The van der Waals surface area contributed by atoms with Gasteiger partial charge in [0.05, 0.1) is 35.2 Å². The van der Waals surface area contributed by atoms with Crippen molar-refractivity contribution in [3.63, 3.8) is 0 Å². The molecule has 1 atom stereocenters. The molecule has 1 heterocycles. The zero-order valence-corrected chi connectivity index (χ0v) is 18.1. The van der Waals surface area contributed by atoms with Crippen molar-refractivity contribution in [1.29, 1.82) is 0 Å².